The van der Waals surface area contributed by atoms with Crippen molar-refractivity contribution < 1.29 is 14.3 Å². The summed E-state index contributed by atoms with van der Waals surface area (Å²) in [6, 6.07) is 10.9. The lowest BCUT2D eigenvalue weighted by Gasteiger charge is -2.34. The number of likely N-dealkylation sites (tertiary alicyclic amines) is 1. The molecule has 1 aromatic heterocycles. The van der Waals surface area contributed by atoms with E-state index in [1.807, 2.05) is 18.2 Å². The van der Waals surface area contributed by atoms with E-state index in [2.05, 4.69) is 29.3 Å². The number of furan rings is 1. The van der Waals surface area contributed by atoms with E-state index in [9.17, 15) is 5.11 Å². The van der Waals surface area contributed by atoms with Gasteiger partial charge in [0.2, 0.25) is 0 Å². The Balaban J connectivity index is 1.48. The van der Waals surface area contributed by atoms with E-state index < -0.39 is 6.10 Å². The number of piperidine rings is 1. The molecule has 0 amide bonds. The van der Waals surface area contributed by atoms with Crippen molar-refractivity contribution in [3.63, 3.8) is 0 Å². The molecule has 2 heterocycles. The lowest BCUT2D eigenvalue weighted by molar-refractivity contribution is 0.0307. The first-order chi connectivity index (χ1) is 11.7. The number of nitrogens with one attached hydrogen (secondary N) is 1. The molecule has 0 saturated carbocycles. The van der Waals surface area contributed by atoms with Gasteiger partial charge in [0.25, 0.3) is 0 Å². The van der Waals surface area contributed by atoms with E-state index in [0.717, 1.165) is 42.7 Å². The Bertz CT molecular complexity index is 601. The first-order valence-electron chi connectivity index (χ1n) is 8.79. The molecule has 132 valence electrons. The molecule has 2 N–H and O–H groups in total. The molecule has 0 spiro atoms. The number of fused-ring (bicyclic) bond motifs is 1. The second-order valence-electron chi connectivity index (χ2n) is 6.76. The summed E-state index contributed by atoms with van der Waals surface area (Å²) in [6.07, 6.45) is 1.78. The topological polar surface area (TPSA) is 57.9 Å². The molecule has 1 aliphatic rings. The first-order valence-corrected chi connectivity index (χ1v) is 8.79. The Hall–Kier alpha value is -1.40. The van der Waals surface area contributed by atoms with Gasteiger partial charge in [0, 0.05) is 25.1 Å². The van der Waals surface area contributed by atoms with E-state index in [4.69, 9.17) is 9.15 Å². The van der Waals surface area contributed by atoms with Crippen LogP contribution in [0.2, 0.25) is 0 Å². The van der Waals surface area contributed by atoms with Gasteiger partial charge in [-0.3, -0.25) is 0 Å². The third-order valence-electron chi connectivity index (χ3n) is 4.77. The molecule has 2 unspecified atom stereocenters. The summed E-state index contributed by atoms with van der Waals surface area (Å²) >= 11 is 0. The van der Waals surface area contributed by atoms with Gasteiger partial charge in [0.15, 0.2) is 0 Å². The van der Waals surface area contributed by atoms with E-state index >= 15 is 0 Å². The van der Waals surface area contributed by atoms with Gasteiger partial charge >= 0.3 is 0 Å². The zero-order chi connectivity index (χ0) is 16.9. The van der Waals surface area contributed by atoms with Crippen LogP contribution in [0.4, 0.5) is 0 Å². The van der Waals surface area contributed by atoms with Gasteiger partial charge in [-0.1, -0.05) is 18.2 Å². The molecule has 5 heteroatoms. The molecule has 2 atom stereocenters. The Morgan fingerprint density at radius 2 is 2.08 bits per heavy atom. The van der Waals surface area contributed by atoms with E-state index in [1.54, 1.807) is 7.11 Å². The van der Waals surface area contributed by atoms with Gasteiger partial charge < -0.3 is 24.5 Å². The second kappa shape index (κ2) is 8.12. The third kappa shape index (κ3) is 4.36. The first kappa shape index (κ1) is 17.4. The van der Waals surface area contributed by atoms with Gasteiger partial charge in [0.1, 0.15) is 11.3 Å². The summed E-state index contributed by atoms with van der Waals surface area (Å²) in [5.41, 5.74) is 0.947. The van der Waals surface area contributed by atoms with Crippen molar-refractivity contribution in [3.05, 3.63) is 36.1 Å². The van der Waals surface area contributed by atoms with Crippen LogP contribution in [0.25, 0.3) is 11.0 Å². The molecular weight excluding hydrogens is 304 g/mol. The minimum absolute atomic E-state index is 0.202. The summed E-state index contributed by atoms with van der Waals surface area (Å²) in [5.74, 6) is 0.995. The van der Waals surface area contributed by atoms with Crippen LogP contribution in [-0.2, 0) is 4.74 Å². The van der Waals surface area contributed by atoms with Crippen LogP contribution in [0.3, 0.4) is 0 Å². The van der Waals surface area contributed by atoms with E-state index in [0.29, 0.717) is 19.2 Å². The van der Waals surface area contributed by atoms with Crippen LogP contribution in [0, 0.1) is 0 Å². The van der Waals surface area contributed by atoms with Crippen molar-refractivity contribution in [2.24, 2.45) is 0 Å². The van der Waals surface area contributed by atoms with Crippen molar-refractivity contribution in [1.29, 1.82) is 0 Å². The fraction of sp³-hybridized carbons (Fsp3) is 0.579. The largest absolute Gasteiger partial charge is 0.459 e. The zero-order valence-electron chi connectivity index (χ0n) is 14.6. The van der Waals surface area contributed by atoms with Gasteiger partial charge in [0.05, 0.1) is 18.8 Å². The molecular formula is C19H28N2O3. The van der Waals surface area contributed by atoms with Gasteiger partial charge in [-0.25, -0.2) is 0 Å². The molecule has 1 fully saturated rings. The molecule has 0 radical (unpaired) electrons. The van der Waals surface area contributed by atoms with Crippen LogP contribution >= 0.6 is 0 Å². The SMILES string of the molecule is COCC(O)CN1CCC(NC(C)c2cc3ccccc3o2)CC1. The summed E-state index contributed by atoms with van der Waals surface area (Å²) in [7, 11) is 1.62. The maximum Gasteiger partial charge on any atom is 0.134 e. The predicted molar refractivity (Wildman–Crippen MR) is 95.1 cm³/mol. The molecule has 1 saturated heterocycles. The molecule has 0 bridgehead atoms. The maximum absolute atomic E-state index is 9.84. The third-order valence-corrected chi connectivity index (χ3v) is 4.77. The number of hydrogen-bond acceptors (Lipinski definition) is 5. The molecule has 2 aromatic rings. The van der Waals surface area contributed by atoms with Crippen molar-refractivity contribution >= 4 is 11.0 Å². The fourth-order valence-corrected chi connectivity index (χ4v) is 3.48. The lowest BCUT2D eigenvalue weighted by atomic mass is 10.0. The summed E-state index contributed by atoms with van der Waals surface area (Å²) in [4.78, 5) is 2.31. The van der Waals surface area contributed by atoms with Crippen LogP contribution in [0.15, 0.2) is 34.7 Å². The number of aliphatic hydroxyl groups excluding tert-OH is 1. The minimum atomic E-state index is -0.394. The van der Waals surface area contributed by atoms with Gasteiger partial charge in [-0.05, 0) is 45.0 Å². The standard InChI is InChI=1S/C19H28N2O3/c1-14(19-11-15-5-3-4-6-18(15)24-19)20-16-7-9-21(10-8-16)12-17(22)13-23-2/h3-6,11,14,16-17,20,22H,7-10,12-13H2,1-2H3. The highest BCUT2D eigenvalue weighted by Crippen LogP contribution is 2.25. The minimum Gasteiger partial charge on any atom is -0.459 e. The van der Waals surface area contributed by atoms with Crippen molar-refractivity contribution in [2.75, 3.05) is 33.4 Å². The number of rotatable bonds is 7. The number of para-hydroxylation sites is 1. The Morgan fingerprint density at radius 3 is 2.79 bits per heavy atom. The number of ether oxygens (including phenoxy) is 1. The number of aliphatic hydroxyl groups is 1. The van der Waals surface area contributed by atoms with Crippen molar-refractivity contribution in [2.45, 2.75) is 38.0 Å². The van der Waals surface area contributed by atoms with E-state index in [1.165, 1.54) is 0 Å². The monoisotopic (exact) mass is 332 g/mol. The number of benzene rings is 1. The molecule has 1 aromatic carbocycles. The summed E-state index contributed by atoms with van der Waals surface area (Å²) < 4.78 is 10.9. The van der Waals surface area contributed by atoms with Gasteiger partial charge in [-0.15, -0.1) is 0 Å². The fourth-order valence-electron chi connectivity index (χ4n) is 3.48. The Kier molecular flexibility index (Phi) is 5.89. The number of β-amino-alcohol motifs (C(OH)–C–C–N with tert-alkyl or cyclic N) is 1. The second-order valence-corrected chi connectivity index (χ2v) is 6.76. The highest BCUT2D eigenvalue weighted by atomic mass is 16.5. The molecule has 3 rings (SSSR count). The highest BCUT2D eigenvalue weighted by molar-refractivity contribution is 5.77. The Labute approximate surface area is 143 Å². The number of hydrogen-bond donors (Lipinski definition) is 2. The van der Waals surface area contributed by atoms with Gasteiger partial charge in [-0.2, -0.15) is 0 Å². The summed E-state index contributed by atoms with van der Waals surface area (Å²) in [5, 5.41) is 14.7. The Morgan fingerprint density at radius 1 is 1.33 bits per heavy atom. The van der Waals surface area contributed by atoms with E-state index in [-0.39, 0.29) is 6.04 Å². The highest BCUT2D eigenvalue weighted by Gasteiger charge is 2.23. The summed E-state index contributed by atoms with van der Waals surface area (Å²) in [6.45, 7) is 5.27. The molecule has 1 aliphatic heterocycles. The van der Waals surface area contributed by atoms with Crippen molar-refractivity contribution in [3.8, 4) is 0 Å². The van der Waals surface area contributed by atoms with Crippen LogP contribution in [0.1, 0.15) is 31.6 Å². The average molecular weight is 332 g/mol. The number of nitrogens with zero attached hydrogens (tertiary/aromatic N) is 1. The molecule has 5 nitrogen and oxygen atoms in total. The quantitative estimate of drug-likeness (QED) is 0.816. The average Bonchev–Trinajstić information content (AvgIpc) is 3.01. The lowest BCUT2D eigenvalue weighted by Crippen LogP contribution is -2.46. The maximum atomic E-state index is 9.84. The van der Waals surface area contributed by atoms with Crippen LogP contribution < -0.4 is 5.32 Å². The van der Waals surface area contributed by atoms with Crippen molar-refractivity contribution in [1.82, 2.24) is 10.2 Å². The zero-order valence-corrected chi connectivity index (χ0v) is 14.6. The molecule has 0 aliphatic carbocycles. The van der Waals surface area contributed by atoms with Crippen LogP contribution in [-0.4, -0.2) is 55.5 Å². The number of methoxy groups -OCH3 is 1. The van der Waals surface area contributed by atoms with Crippen LogP contribution in [0.5, 0.6) is 0 Å². The molecule has 24 heavy (non-hydrogen) atoms. The predicted octanol–water partition coefficient (Wildman–Crippen LogP) is 2.56. The smallest absolute Gasteiger partial charge is 0.134 e. The normalized spacial score (nSPS) is 19.6.